The lowest BCUT2D eigenvalue weighted by molar-refractivity contribution is 0.114. The largest absolute Gasteiger partial charge is 0.497 e. The maximum Gasteiger partial charge on any atom is 0.206 e. The second-order valence-corrected chi connectivity index (χ2v) is 12.4. The minimum atomic E-state index is -3.56. The molecule has 4 nitrogen and oxygen atoms in total. The Balaban J connectivity index is 1.15. The Morgan fingerprint density at radius 3 is 1.92 bits per heavy atom. The Morgan fingerprint density at radius 1 is 0.784 bits per heavy atom. The van der Waals surface area contributed by atoms with Gasteiger partial charge in [-0.2, -0.15) is 0 Å². The molecule has 0 aromatic heterocycles. The maximum atomic E-state index is 13.0. The van der Waals surface area contributed by atoms with Gasteiger partial charge in [0.15, 0.2) is 0 Å². The summed E-state index contributed by atoms with van der Waals surface area (Å²) in [5.74, 6) is 1.80. The van der Waals surface area contributed by atoms with E-state index in [0.29, 0.717) is 28.5 Å². The van der Waals surface area contributed by atoms with Gasteiger partial charge >= 0.3 is 0 Å². The summed E-state index contributed by atoms with van der Waals surface area (Å²) in [5, 5.41) is 0. The van der Waals surface area contributed by atoms with Crippen LogP contribution in [0.1, 0.15) is 55.6 Å². The van der Waals surface area contributed by atoms with E-state index in [1.165, 1.54) is 31.2 Å². The lowest BCUT2D eigenvalue weighted by Crippen LogP contribution is -2.43. The van der Waals surface area contributed by atoms with Crippen LogP contribution in [0.2, 0.25) is 0 Å². The second kappa shape index (κ2) is 11.2. The van der Waals surface area contributed by atoms with Gasteiger partial charge in [-0.1, -0.05) is 49.0 Å². The number of sulfone groups is 1. The van der Waals surface area contributed by atoms with Crippen molar-refractivity contribution < 1.29 is 13.2 Å². The van der Waals surface area contributed by atoms with Gasteiger partial charge in [0, 0.05) is 6.04 Å². The number of likely N-dealkylation sites (tertiary alicyclic amines) is 1. The van der Waals surface area contributed by atoms with Crippen molar-refractivity contribution in [3.8, 4) is 5.75 Å². The second-order valence-electron chi connectivity index (χ2n) is 10.5. The van der Waals surface area contributed by atoms with Gasteiger partial charge in [-0.05, 0) is 117 Å². The zero-order valence-electron chi connectivity index (χ0n) is 21.7. The molecule has 1 saturated heterocycles. The first-order valence-electron chi connectivity index (χ1n) is 13.4. The van der Waals surface area contributed by atoms with E-state index < -0.39 is 9.84 Å². The first-order chi connectivity index (χ1) is 18.0. The topological polar surface area (TPSA) is 46.6 Å². The van der Waals surface area contributed by atoms with Gasteiger partial charge < -0.3 is 9.64 Å². The van der Waals surface area contributed by atoms with Crippen LogP contribution in [0.25, 0.3) is 5.57 Å². The molecule has 1 aliphatic carbocycles. The molecule has 3 aromatic carbocycles. The summed E-state index contributed by atoms with van der Waals surface area (Å²) in [6.07, 6.45) is 7.37. The summed E-state index contributed by atoms with van der Waals surface area (Å²) in [6.45, 7) is 6.66. The molecule has 5 heteroatoms. The predicted octanol–water partition coefficient (Wildman–Crippen LogP) is 6.98. The molecule has 37 heavy (non-hydrogen) atoms. The fourth-order valence-electron chi connectivity index (χ4n) is 6.09. The van der Waals surface area contributed by atoms with Gasteiger partial charge in [0.1, 0.15) is 5.75 Å². The summed E-state index contributed by atoms with van der Waals surface area (Å²) in [7, 11) is -2.00. The SMILES string of the molecule is C=C(c1ccc(S(=O)(=O)c2ccc(OC)cc2)cc1)C1CCN(C2CCC(c3ccccc3)CC2)CC1. The number of hydrogen-bond donors (Lipinski definition) is 0. The van der Waals surface area contributed by atoms with Crippen LogP contribution in [-0.4, -0.2) is 39.6 Å². The molecule has 1 aliphatic heterocycles. The average molecular weight is 516 g/mol. The predicted molar refractivity (Wildman–Crippen MR) is 150 cm³/mol. The summed E-state index contributed by atoms with van der Waals surface area (Å²) < 4.78 is 31.2. The van der Waals surface area contributed by atoms with Crippen molar-refractivity contribution in [2.45, 2.75) is 60.3 Å². The molecule has 0 amide bonds. The molecule has 0 bridgehead atoms. The van der Waals surface area contributed by atoms with Crippen molar-refractivity contribution in [3.05, 3.63) is 96.6 Å². The fourth-order valence-corrected chi connectivity index (χ4v) is 7.35. The van der Waals surface area contributed by atoms with Crippen molar-refractivity contribution in [2.24, 2.45) is 5.92 Å². The number of benzene rings is 3. The molecule has 2 fully saturated rings. The average Bonchev–Trinajstić information content (AvgIpc) is 2.97. The van der Waals surface area contributed by atoms with Gasteiger partial charge in [-0.15, -0.1) is 0 Å². The quantitative estimate of drug-likeness (QED) is 0.341. The Hall–Kier alpha value is -2.89. The highest BCUT2D eigenvalue weighted by Gasteiger charge is 2.30. The van der Waals surface area contributed by atoms with E-state index in [9.17, 15) is 8.42 Å². The summed E-state index contributed by atoms with van der Waals surface area (Å²) in [4.78, 5) is 3.27. The Morgan fingerprint density at radius 2 is 1.35 bits per heavy atom. The molecule has 1 heterocycles. The number of piperidine rings is 1. The minimum absolute atomic E-state index is 0.269. The van der Waals surface area contributed by atoms with Crippen LogP contribution in [0.3, 0.4) is 0 Å². The molecule has 1 saturated carbocycles. The van der Waals surface area contributed by atoms with Crippen molar-refractivity contribution in [1.82, 2.24) is 4.90 Å². The molecule has 0 radical (unpaired) electrons. The van der Waals surface area contributed by atoms with E-state index in [2.05, 4.69) is 41.8 Å². The Bertz CT molecular complexity index is 1280. The summed E-state index contributed by atoms with van der Waals surface area (Å²) in [6, 6.07) is 25.4. The van der Waals surface area contributed by atoms with Crippen molar-refractivity contribution in [2.75, 3.05) is 20.2 Å². The van der Waals surface area contributed by atoms with Gasteiger partial charge in [0.05, 0.1) is 16.9 Å². The highest BCUT2D eigenvalue weighted by molar-refractivity contribution is 7.91. The van der Waals surface area contributed by atoms with Crippen LogP contribution < -0.4 is 4.74 Å². The molecule has 2 aliphatic rings. The first-order valence-corrected chi connectivity index (χ1v) is 14.9. The first kappa shape index (κ1) is 25.7. The van der Waals surface area contributed by atoms with Gasteiger partial charge in [-0.25, -0.2) is 8.42 Å². The van der Waals surface area contributed by atoms with Crippen LogP contribution in [0.4, 0.5) is 0 Å². The van der Waals surface area contributed by atoms with Crippen LogP contribution in [0, 0.1) is 5.92 Å². The van der Waals surface area contributed by atoms with Crippen LogP contribution >= 0.6 is 0 Å². The van der Waals surface area contributed by atoms with Gasteiger partial charge in [0.2, 0.25) is 9.84 Å². The highest BCUT2D eigenvalue weighted by atomic mass is 32.2. The molecule has 0 atom stereocenters. The zero-order valence-corrected chi connectivity index (χ0v) is 22.5. The minimum Gasteiger partial charge on any atom is -0.497 e. The number of rotatable bonds is 7. The number of hydrogen-bond acceptors (Lipinski definition) is 4. The smallest absolute Gasteiger partial charge is 0.206 e. The van der Waals surface area contributed by atoms with E-state index in [1.807, 2.05) is 12.1 Å². The lowest BCUT2D eigenvalue weighted by Gasteiger charge is -2.41. The number of methoxy groups -OCH3 is 1. The van der Waals surface area contributed by atoms with E-state index >= 15 is 0 Å². The number of ether oxygens (including phenoxy) is 1. The Kier molecular flexibility index (Phi) is 7.82. The lowest BCUT2D eigenvalue weighted by atomic mass is 9.80. The third-order valence-electron chi connectivity index (χ3n) is 8.41. The van der Waals surface area contributed by atoms with Crippen LogP contribution in [0.15, 0.2) is 95.2 Å². The molecule has 0 unspecified atom stereocenters. The molecule has 3 aromatic rings. The summed E-state index contributed by atoms with van der Waals surface area (Å²) in [5.41, 5.74) is 3.66. The highest BCUT2D eigenvalue weighted by Crippen LogP contribution is 2.38. The number of nitrogens with zero attached hydrogens (tertiary/aromatic N) is 1. The Labute approximate surface area is 221 Å². The molecular weight excluding hydrogens is 478 g/mol. The normalized spacial score (nSPS) is 21.4. The zero-order chi connectivity index (χ0) is 25.8. The number of allylic oxidation sites excluding steroid dienone is 1. The molecule has 5 rings (SSSR count). The monoisotopic (exact) mass is 515 g/mol. The van der Waals surface area contributed by atoms with E-state index in [0.717, 1.165) is 37.1 Å². The standard InChI is InChI=1S/C32H37NO3S/c1-24(25-10-16-31(17-11-25)37(34,35)32-18-14-30(36-2)15-19-32)26-20-22-33(23-21-26)29-12-8-28(9-13-29)27-6-4-3-5-7-27/h3-7,10-11,14-19,26,28-29H,1,8-9,12-13,20-23H2,2H3. The van der Waals surface area contributed by atoms with Gasteiger partial charge in [-0.3, -0.25) is 0 Å². The third-order valence-corrected chi connectivity index (χ3v) is 10.2. The van der Waals surface area contributed by atoms with E-state index in [4.69, 9.17) is 4.74 Å². The molecule has 194 valence electrons. The summed E-state index contributed by atoms with van der Waals surface area (Å²) >= 11 is 0. The van der Waals surface area contributed by atoms with Crippen molar-refractivity contribution >= 4 is 15.4 Å². The van der Waals surface area contributed by atoms with E-state index in [-0.39, 0.29) is 4.90 Å². The van der Waals surface area contributed by atoms with Crippen molar-refractivity contribution in [3.63, 3.8) is 0 Å². The molecule has 0 spiro atoms. The van der Waals surface area contributed by atoms with Gasteiger partial charge in [0.25, 0.3) is 0 Å². The van der Waals surface area contributed by atoms with E-state index in [1.54, 1.807) is 43.5 Å². The van der Waals surface area contributed by atoms with Crippen LogP contribution in [0.5, 0.6) is 5.75 Å². The molecule has 0 N–H and O–H groups in total. The fraction of sp³-hybridized carbons (Fsp3) is 0.375. The molecular formula is C32H37NO3S. The van der Waals surface area contributed by atoms with Crippen LogP contribution in [-0.2, 0) is 9.84 Å². The third kappa shape index (κ3) is 5.68. The maximum absolute atomic E-state index is 13.0. The van der Waals surface area contributed by atoms with Crippen molar-refractivity contribution in [1.29, 1.82) is 0 Å².